The number of sulfonamides is 1. The first-order valence-corrected chi connectivity index (χ1v) is 12.1. The van der Waals surface area contributed by atoms with Crippen LogP contribution in [0.4, 0.5) is 0 Å². The monoisotopic (exact) mass is 472 g/mol. The van der Waals surface area contributed by atoms with Gasteiger partial charge in [-0.3, -0.25) is 4.79 Å². The second kappa shape index (κ2) is 10.3. The summed E-state index contributed by atoms with van der Waals surface area (Å²) in [5.74, 6) is -0.298. The van der Waals surface area contributed by atoms with Gasteiger partial charge in [0.1, 0.15) is 0 Å². The number of carbonyl (C=O) groups is 1. The Morgan fingerprint density at radius 2 is 1.68 bits per heavy atom. The lowest BCUT2D eigenvalue weighted by Gasteiger charge is -2.06. The second-order valence-electron chi connectivity index (χ2n) is 7.49. The van der Waals surface area contributed by atoms with Gasteiger partial charge in [-0.1, -0.05) is 60.7 Å². The van der Waals surface area contributed by atoms with Crippen molar-refractivity contribution in [2.45, 2.75) is 11.4 Å². The third-order valence-corrected chi connectivity index (χ3v) is 6.58. The Bertz CT molecular complexity index is 1410. The van der Waals surface area contributed by atoms with Crippen LogP contribution < -0.4 is 10.0 Å². The van der Waals surface area contributed by atoms with Gasteiger partial charge in [-0.15, -0.1) is 0 Å². The molecule has 3 aromatic carbocycles. The minimum Gasteiger partial charge on any atom is -0.348 e. The molecule has 0 atom stereocenters. The number of amides is 1. The minimum absolute atomic E-state index is 0.151. The molecule has 0 unspecified atom stereocenters. The van der Waals surface area contributed by atoms with E-state index in [0.29, 0.717) is 5.56 Å². The van der Waals surface area contributed by atoms with Gasteiger partial charge in [0.25, 0.3) is 0 Å². The van der Waals surface area contributed by atoms with Gasteiger partial charge in [0.15, 0.2) is 0 Å². The fourth-order valence-electron chi connectivity index (χ4n) is 3.40. The average Bonchev–Trinajstić information content (AvgIpc) is 3.32. The van der Waals surface area contributed by atoms with E-state index in [1.807, 2.05) is 66.9 Å². The SMILES string of the molecule is CNS(=O)(=O)c1cccc(CNC(=O)/C=C/c2cn(-c3ccccc3)nc2-c2ccccc2)c1. The van der Waals surface area contributed by atoms with Gasteiger partial charge in [0, 0.05) is 29.9 Å². The van der Waals surface area contributed by atoms with Crippen molar-refractivity contribution < 1.29 is 13.2 Å². The van der Waals surface area contributed by atoms with E-state index in [1.165, 1.54) is 25.3 Å². The van der Waals surface area contributed by atoms with E-state index in [9.17, 15) is 13.2 Å². The molecule has 1 aromatic heterocycles. The Morgan fingerprint density at radius 1 is 0.971 bits per heavy atom. The van der Waals surface area contributed by atoms with Crippen LogP contribution in [0, 0.1) is 0 Å². The Kier molecular flexibility index (Phi) is 7.01. The zero-order valence-electron chi connectivity index (χ0n) is 18.5. The van der Waals surface area contributed by atoms with Crippen molar-refractivity contribution in [3.8, 4) is 16.9 Å². The summed E-state index contributed by atoms with van der Waals surface area (Å²) >= 11 is 0. The molecule has 0 radical (unpaired) electrons. The van der Waals surface area contributed by atoms with Crippen molar-refractivity contribution >= 4 is 22.0 Å². The summed E-state index contributed by atoms with van der Waals surface area (Å²) in [5, 5.41) is 7.53. The van der Waals surface area contributed by atoms with E-state index in [1.54, 1.807) is 22.9 Å². The molecule has 0 fully saturated rings. The zero-order chi connectivity index (χ0) is 24.0. The third-order valence-electron chi connectivity index (χ3n) is 5.17. The highest BCUT2D eigenvalue weighted by Crippen LogP contribution is 2.24. The van der Waals surface area contributed by atoms with Crippen molar-refractivity contribution in [2.24, 2.45) is 0 Å². The maximum Gasteiger partial charge on any atom is 0.244 e. The first-order chi connectivity index (χ1) is 16.5. The van der Waals surface area contributed by atoms with Crippen LogP contribution in [-0.4, -0.2) is 31.2 Å². The Hall–Kier alpha value is -4.01. The molecule has 34 heavy (non-hydrogen) atoms. The number of nitrogens with one attached hydrogen (secondary N) is 2. The fourth-order valence-corrected chi connectivity index (χ4v) is 4.20. The molecule has 0 saturated heterocycles. The molecule has 0 aliphatic carbocycles. The molecular formula is C26H24N4O3S. The number of nitrogens with zero attached hydrogens (tertiary/aromatic N) is 2. The van der Waals surface area contributed by atoms with Gasteiger partial charge in [-0.05, 0) is 43.0 Å². The maximum atomic E-state index is 12.5. The molecule has 4 aromatic rings. The molecule has 2 N–H and O–H groups in total. The average molecular weight is 473 g/mol. The van der Waals surface area contributed by atoms with Crippen molar-refractivity contribution in [3.05, 3.63) is 108 Å². The summed E-state index contributed by atoms with van der Waals surface area (Å²) < 4.78 is 28.0. The number of rotatable bonds is 8. The Labute approximate surface area is 198 Å². The fraction of sp³-hybridized carbons (Fsp3) is 0.0769. The molecule has 0 spiro atoms. The van der Waals surface area contributed by atoms with Gasteiger partial charge < -0.3 is 5.32 Å². The summed E-state index contributed by atoms with van der Waals surface area (Å²) in [7, 11) is -2.18. The van der Waals surface area contributed by atoms with Crippen LogP contribution in [0.3, 0.4) is 0 Å². The minimum atomic E-state index is -3.54. The summed E-state index contributed by atoms with van der Waals surface area (Å²) in [6, 6.07) is 26.0. The van der Waals surface area contributed by atoms with Gasteiger partial charge in [-0.2, -0.15) is 5.10 Å². The molecule has 7 nitrogen and oxygen atoms in total. The van der Waals surface area contributed by atoms with Gasteiger partial charge in [0.05, 0.1) is 16.3 Å². The number of benzene rings is 3. The molecule has 172 valence electrons. The highest BCUT2D eigenvalue weighted by atomic mass is 32.2. The van der Waals surface area contributed by atoms with Crippen LogP contribution in [0.25, 0.3) is 23.0 Å². The van der Waals surface area contributed by atoms with Gasteiger partial charge in [0.2, 0.25) is 15.9 Å². The number of aromatic nitrogens is 2. The number of hydrogen-bond acceptors (Lipinski definition) is 4. The van der Waals surface area contributed by atoms with E-state index in [-0.39, 0.29) is 17.3 Å². The van der Waals surface area contributed by atoms with E-state index < -0.39 is 10.0 Å². The van der Waals surface area contributed by atoms with Crippen molar-refractivity contribution in [1.82, 2.24) is 19.8 Å². The maximum absolute atomic E-state index is 12.5. The quantitative estimate of drug-likeness (QED) is 0.382. The molecule has 1 amide bonds. The van der Waals surface area contributed by atoms with Crippen molar-refractivity contribution in [2.75, 3.05) is 7.05 Å². The molecule has 0 saturated carbocycles. The van der Waals surface area contributed by atoms with E-state index in [4.69, 9.17) is 5.10 Å². The van der Waals surface area contributed by atoms with Crippen LogP contribution in [0.15, 0.2) is 102 Å². The number of carbonyl (C=O) groups excluding carboxylic acids is 1. The Morgan fingerprint density at radius 3 is 2.38 bits per heavy atom. The molecular weight excluding hydrogens is 448 g/mol. The highest BCUT2D eigenvalue weighted by molar-refractivity contribution is 7.89. The van der Waals surface area contributed by atoms with Crippen molar-refractivity contribution in [3.63, 3.8) is 0 Å². The summed E-state index contributed by atoms with van der Waals surface area (Å²) in [6.45, 7) is 0.199. The van der Waals surface area contributed by atoms with Crippen LogP contribution >= 0.6 is 0 Å². The first-order valence-electron chi connectivity index (χ1n) is 10.7. The predicted octanol–water partition coefficient (Wildman–Crippen LogP) is 3.78. The van der Waals surface area contributed by atoms with E-state index >= 15 is 0 Å². The van der Waals surface area contributed by atoms with E-state index in [0.717, 1.165) is 22.5 Å². The Balaban J connectivity index is 1.52. The van der Waals surface area contributed by atoms with Crippen LogP contribution in [0.1, 0.15) is 11.1 Å². The molecule has 0 bridgehead atoms. The molecule has 0 aliphatic heterocycles. The van der Waals surface area contributed by atoms with Crippen LogP contribution in [-0.2, 0) is 21.4 Å². The topological polar surface area (TPSA) is 93.1 Å². The summed E-state index contributed by atoms with van der Waals surface area (Å²) in [5.41, 5.74) is 4.10. The lowest BCUT2D eigenvalue weighted by atomic mass is 10.1. The number of hydrogen-bond donors (Lipinski definition) is 2. The van der Waals surface area contributed by atoms with Crippen LogP contribution in [0.2, 0.25) is 0 Å². The van der Waals surface area contributed by atoms with Gasteiger partial charge in [-0.25, -0.2) is 17.8 Å². The largest absolute Gasteiger partial charge is 0.348 e. The second-order valence-corrected chi connectivity index (χ2v) is 9.37. The smallest absolute Gasteiger partial charge is 0.244 e. The lowest BCUT2D eigenvalue weighted by Crippen LogP contribution is -2.21. The normalized spacial score (nSPS) is 11.6. The van der Waals surface area contributed by atoms with E-state index in [2.05, 4.69) is 10.0 Å². The molecule has 1 heterocycles. The predicted molar refractivity (Wildman–Crippen MR) is 133 cm³/mol. The zero-order valence-corrected chi connectivity index (χ0v) is 19.4. The third kappa shape index (κ3) is 5.48. The number of para-hydroxylation sites is 1. The molecule has 0 aliphatic rings. The standard InChI is InChI=1S/C26H24N4O3S/c1-27-34(32,33)24-14-8-9-20(17-24)18-28-25(31)16-15-22-19-30(23-12-6-3-7-13-23)29-26(22)21-10-4-2-5-11-21/h2-17,19,27H,18H2,1H3,(H,28,31)/b16-15+. The molecule has 4 rings (SSSR count). The van der Waals surface area contributed by atoms with Gasteiger partial charge >= 0.3 is 0 Å². The summed E-state index contributed by atoms with van der Waals surface area (Å²) in [6.07, 6.45) is 5.06. The molecule has 8 heteroatoms. The lowest BCUT2D eigenvalue weighted by molar-refractivity contribution is -0.116. The van der Waals surface area contributed by atoms with Crippen LogP contribution in [0.5, 0.6) is 0 Å². The first kappa shape index (κ1) is 23.2. The van der Waals surface area contributed by atoms with Crippen molar-refractivity contribution in [1.29, 1.82) is 0 Å². The highest BCUT2D eigenvalue weighted by Gasteiger charge is 2.12. The summed E-state index contributed by atoms with van der Waals surface area (Å²) in [4.78, 5) is 12.6.